The summed E-state index contributed by atoms with van der Waals surface area (Å²) in [6, 6.07) is 8.05. The highest BCUT2D eigenvalue weighted by atomic mass is 15.1. The van der Waals surface area contributed by atoms with Gasteiger partial charge in [-0.3, -0.25) is 0 Å². The van der Waals surface area contributed by atoms with Gasteiger partial charge in [0.2, 0.25) is 0 Å². The molecule has 0 bridgehead atoms. The second kappa shape index (κ2) is 6.70. The Balaban J connectivity index is 2.56. The summed E-state index contributed by atoms with van der Waals surface area (Å²) in [7, 11) is 0. The molecule has 0 spiro atoms. The normalized spacial score (nSPS) is 10.2. The highest BCUT2D eigenvalue weighted by Crippen LogP contribution is 2.06. The van der Waals surface area contributed by atoms with E-state index in [4.69, 9.17) is 5.53 Å². The highest BCUT2D eigenvalue weighted by molar-refractivity contribution is 5.36. The molecule has 0 aliphatic heterocycles. The van der Waals surface area contributed by atoms with Gasteiger partial charge in [0.15, 0.2) is 0 Å². The molecule has 1 aromatic carbocycles. The molecule has 0 heterocycles. The average Bonchev–Trinajstić information content (AvgIpc) is 2.33. The van der Waals surface area contributed by atoms with Crippen molar-refractivity contribution in [2.45, 2.75) is 32.9 Å². The first kappa shape index (κ1) is 14.1. The third kappa shape index (κ3) is 5.95. The summed E-state index contributed by atoms with van der Waals surface area (Å²) < 4.78 is 0. The van der Waals surface area contributed by atoms with Crippen molar-refractivity contribution in [1.82, 2.24) is 5.32 Å². The number of rotatable bonds is 3. The van der Waals surface area contributed by atoms with Gasteiger partial charge in [-0.15, -0.1) is 0 Å². The lowest BCUT2D eigenvalue weighted by Crippen LogP contribution is -2.35. The molecule has 0 aromatic heterocycles. The van der Waals surface area contributed by atoms with Crippen LogP contribution < -0.4 is 5.32 Å². The van der Waals surface area contributed by atoms with Gasteiger partial charge in [0, 0.05) is 22.6 Å². The minimum absolute atomic E-state index is 0.119. The van der Waals surface area contributed by atoms with Crippen molar-refractivity contribution in [3.8, 4) is 11.8 Å². The molecule has 0 atom stereocenters. The van der Waals surface area contributed by atoms with E-state index in [9.17, 15) is 0 Å². The molecule has 1 aromatic rings. The average molecular weight is 242 g/mol. The summed E-state index contributed by atoms with van der Waals surface area (Å²) in [5.74, 6) is 5.74. The van der Waals surface area contributed by atoms with E-state index in [1.54, 1.807) is 0 Å². The summed E-state index contributed by atoms with van der Waals surface area (Å²) in [5.41, 5.74) is 10.4. The molecule has 0 radical (unpaired) electrons. The lowest BCUT2D eigenvalue weighted by Gasteiger charge is -2.20. The summed E-state index contributed by atoms with van der Waals surface area (Å²) >= 11 is 0. The lowest BCUT2D eigenvalue weighted by molar-refractivity contribution is 0.424. The monoisotopic (exact) mass is 242 g/mol. The zero-order chi connectivity index (χ0) is 13.4. The SMILES string of the molecule is CC(C)(C)NCc1ccc(C#CCN=[N+]=[N-])cc1. The summed E-state index contributed by atoms with van der Waals surface area (Å²) in [5, 5.41) is 6.78. The van der Waals surface area contributed by atoms with Crippen molar-refractivity contribution < 1.29 is 0 Å². The van der Waals surface area contributed by atoms with Crippen LogP contribution in [0.1, 0.15) is 31.9 Å². The van der Waals surface area contributed by atoms with Crippen molar-refractivity contribution in [3.63, 3.8) is 0 Å². The van der Waals surface area contributed by atoms with E-state index < -0.39 is 0 Å². The van der Waals surface area contributed by atoms with Crippen molar-refractivity contribution in [3.05, 3.63) is 45.8 Å². The standard InChI is InChI=1S/C14H18N4/c1-14(2,3)16-11-13-8-6-12(7-9-13)5-4-10-17-18-15/h6-9,16H,10-11H2,1-3H3. The second-order valence-corrected chi connectivity index (χ2v) is 4.99. The van der Waals surface area contributed by atoms with E-state index in [0.717, 1.165) is 12.1 Å². The molecule has 0 amide bonds. The first-order valence-electron chi connectivity index (χ1n) is 5.85. The van der Waals surface area contributed by atoms with Crippen LogP contribution in [0.5, 0.6) is 0 Å². The van der Waals surface area contributed by atoms with E-state index >= 15 is 0 Å². The molecule has 0 unspecified atom stereocenters. The number of azide groups is 1. The van der Waals surface area contributed by atoms with Crippen molar-refractivity contribution >= 4 is 0 Å². The maximum absolute atomic E-state index is 8.11. The van der Waals surface area contributed by atoms with Crippen LogP contribution in [-0.4, -0.2) is 12.1 Å². The van der Waals surface area contributed by atoms with Gasteiger partial charge in [-0.05, 0) is 44.0 Å². The topological polar surface area (TPSA) is 60.8 Å². The van der Waals surface area contributed by atoms with E-state index in [2.05, 4.69) is 60.1 Å². The van der Waals surface area contributed by atoms with Crippen LogP contribution in [0.25, 0.3) is 10.4 Å². The first-order chi connectivity index (χ1) is 8.51. The zero-order valence-electron chi connectivity index (χ0n) is 11.1. The van der Waals surface area contributed by atoms with Crippen molar-refractivity contribution in [2.24, 2.45) is 5.11 Å². The third-order valence-corrected chi connectivity index (χ3v) is 2.22. The molecular formula is C14H18N4. The van der Waals surface area contributed by atoms with Crippen LogP contribution in [0.2, 0.25) is 0 Å². The number of nitrogens with zero attached hydrogens (tertiary/aromatic N) is 3. The zero-order valence-corrected chi connectivity index (χ0v) is 11.1. The maximum atomic E-state index is 8.11. The Morgan fingerprint density at radius 1 is 1.28 bits per heavy atom. The van der Waals surface area contributed by atoms with E-state index in [0.29, 0.717) is 0 Å². The minimum Gasteiger partial charge on any atom is -0.308 e. The Hall–Kier alpha value is -1.95. The van der Waals surface area contributed by atoms with Crippen LogP contribution >= 0.6 is 0 Å². The van der Waals surface area contributed by atoms with Gasteiger partial charge in [-0.1, -0.05) is 29.1 Å². The van der Waals surface area contributed by atoms with Gasteiger partial charge in [0.25, 0.3) is 0 Å². The molecule has 0 aliphatic rings. The molecule has 0 fully saturated rings. The van der Waals surface area contributed by atoms with Crippen LogP contribution in [0.4, 0.5) is 0 Å². The molecule has 1 rings (SSSR count). The van der Waals surface area contributed by atoms with Gasteiger partial charge in [0.05, 0.1) is 6.54 Å². The van der Waals surface area contributed by atoms with E-state index in [1.807, 2.05) is 12.1 Å². The van der Waals surface area contributed by atoms with Gasteiger partial charge in [0.1, 0.15) is 0 Å². The molecule has 1 N–H and O–H groups in total. The molecule has 18 heavy (non-hydrogen) atoms. The van der Waals surface area contributed by atoms with Crippen LogP contribution in [0.15, 0.2) is 29.4 Å². The maximum Gasteiger partial charge on any atom is 0.0880 e. The number of benzene rings is 1. The van der Waals surface area contributed by atoms with Gasteiger partial charge >= 0.3 is 0 Å². The Kier molecular flexibility index (Phi) is 5.26. The molecule has 0 saturated carbocycles. The van der Waals surface area contributed by atoms with Crippen LogP contribution in [0.3, 0.4) is 0 Å². The van der Waals surface area contributed by atoms with Crippen molar-refractivity contribution in [1.29, 1.82) is 0 Å². The Bertz CT molecular complexity index is 479. The summed E-state index contributed by atoms with van der Waals surface area (Å²) in [4.78, 5) is 2.64. The summed E-state index contributed by atoms with van der Waals surface area (Å²) in [6.45, 7) is 7.48. The predicted molar refractivity (Wildman–Crippen MR) is 73.9 cm³/mol. The number of nitrogens with one attached hydrogen (secondary N) is 1. The van der Waals surface area contributed by atoms with Crippen LogP contribution in [-0.2, 0) is 6.54 Å². The smallest absolute Gasteiger partial charge is 0.0880 e. The fourth-order valence-corrected chi connectivity index (χ4v) is 1.28. The van der Waals surface area contributed by atoms with Gasteiger partial charge in [-0.2, -0.15) is 0 Å². The Morgan fingerprint density at radius 3 is 2.50 bits per heavy atom. The summed E-state index contributed by atoms with van der Waals surface area (Å²) in [6.07, 6.45) is 0. The van der Waals surface area contributed by atoms with Gasteiger partial charge in [-0.25, -0.2) is 0 Å². The molecule has 0 aliphatic carbocycles. The number of hydrogen-bond donors (Lipinski definition) is 1. The molecular weight excluding hydrogens is 224 g/mol. The molecule has 4 heteroatoms. The van der Waals surface area contributed by atoms with E-state index in [-0.39, 0.29) is 12.1 Å². The number of hydrogen-bond acceptors (Lipinski definition) is 2. The quantitative estimate of drug-likeness (QED) is 0.376. The first-order valence-corrected chi connectivity index (χ1v) is 5.85. The van der Waals surface area contributed by atoms with Crippen molar-refractivity contribution in [2.75, 3.05) is 6.54 Å². The fraction of sp³-hybridized carbons (Fsp3) is 0.429. The lowest BCUT2D eigenvalue weighted by atomic mass is 10.1. The predicted octanol–water partition coefficient (Wildman–Crippen LogP) is 3.24. The third-order valence-electron chi connectivity index (χ3n) is 2.22. The molecule has 94 valence electrons. The fourth-order valence-electron chi connectivity index (χ4n) is 1.28. The largest absolute Gasteiger partial charge is 0.308 e. The molecule has 0 saturated heterocycles. The van der Waals surface area contributed by atoms with Gasteiger partial charge < -0.3 is 5.32 Å². The molecule has 4 nitrogen and oxygen atoms in total. The Labute approximate surface area is 108 Å². The van der Waals surface area contributed by atoms with Crippen LogP contribution in [0, 0.1) is 11.8 Å². The minimum atomic E-state index is 0.119. The second-order valence-electron chi connectivity index (χ2n) is 4.99. The Morgan fingerprint density at radius 2 is 1.94 bits per heavy atom. The highest BCUT2D eigenvalue weighted by Gasteiger charge is 2.07. The van der Waals surface area contributed by atoms with E-state index in [1.165, 1.54) is 5.56 Å².